The molecule has 0 aromatic rings. The molecule has 0 fully saturated rings. The molecule has 0 bridgehead atoms. The number of rotatable bonds is 3. The molecule has 0 N–H and O–H groups in total. The summed E-state index contributed by atoms with van der Waals surface area (Å²) in [5, 5.41) is 0. The summed E-state index contributed by atoms with van der Waals surface area (Å²) in [6.45, 7) is 5.43. The fourth-order valence-electron chi connectivity index (χ4n) is 1.85. The molecule has 4 heteroatoms. The first-order valence-corrected chi connectivity index (χ1v) is 5.30. The lowest BCUT2D eigenvalue weighted by Gasteiger charge is -2.32. The Morgan fingerprint density at radius 2 is 2.12 bits per heavy atom. The minimum absolute atomic E-state index is 0.0158. The van der Waals surface area contributed by atoms with Crippen LogP contribution < -0.4 is 0 Å². The van der Waals surface area contributed by atoms with Crippen molar-refractivity contribution in [3.8, 4) is 0 Å². The van der Waals surface area contributed by atoms with Gasteiger partial charge in [0.05, 0.1) is 12.5 Å². The van der Waals surface area contributed by atoms with Crippen molar-refractivity contribution < 1.29 is 19.1 Å². The minimum atomic E-state index is -0.820. The average molecular weight is 224 g/mol. The van der Waals surface area contributed by atoms with Gasteiger partial charge in [0.1, 0.15) is 0 Å². The van der Waals surface area contributed by atoms with E-state index in [1.54, 1.807) is 20.8 Å². The van der Waals surface area contributed by atoms with E-state index in [0.717, 1.165) is 0 Å². The van der Waals surface area contributed by atoms with Crippen molar-refractivity contribution in [3.05, 3.63) is 12.2 Å². The fourth-order valence-corrected chi connectivity index (χ4v) is 1.85. The van der Waals surface area contributed by atoms with Crippen LogP contribution in [0.1, 0.15) is 27.2 Å². The van der Waals surface area contributed by atoms with E-state index in [9.17, 15) is 14.4 Å². The SMILES string of the molecule is CCOC(=O)C(=O)C1C=CC(=O)CC1(C)C. The molecule has 0 spiro atoms. The van der Waals surface area contributed by atoms with Crippen LogP contribution in [0.3, 0.4) is 0 Å². The summed E-state index contributed by atoms with van der Waals surface area (Å²) >= 11 is 0. The zero-order chi connectivity index (χ0) is 12.3. The fraction of sp³-hybridized carbons (Fsp3) is 0.583. The number of Topliss-reactive ketones (excluding diaryl/α,β-unsaturated/α-hetero) is 1. The third-order valence-corrected chi connectivity index (χ3v) is 2.71. The molecule has 0 aromatic heterocycles. The molecule has 4 nitrogen and oxygen atoms in total. The molecule has 0 aromatic carbocycles. The summed E-state index contributed by atoms with van der Waals surface area (Å²) in [5.74, 6) is -1.97. The molecule has 88 valence electrons. The largest absolute Gasteiger partial charge is 0.460 e. The van der Waals surface area contributed by atoms with Gasteiger partial charge in [-0.15, -0.1) is 0 Å². The number of allylic oxidation sites excluding steroid dienone is 2. The van der Waals surface area contributed by atoms with Crippen LogP contribution in [-0.4, -0.2) is 24.1 Å². The van der Waals surface area contributed by atoms with Gasteiger partial charge in [-0.2, -0.15) is 0 Å². The van der Waals surface area contributed by atoms with Crippen molar-refractivity contribution in [2.24, 2.45) is 11.3 Å². The normalized spacial score (nSPS) is 22.9. The Labute approximate surface area is 94.7 Å². The molecule has 0 amide bonds. The van der Waals surface area contributed by atoms with Gasteiger partial charge in [0.2, 0.25) is 5.78 Å². The van der Waals surface area contributed by atoms with Crippen LogP contribution in [-0.2, 0) is 19.1 Å². The van der Waals surface area contributed by atoms with Crippen LogP contribution in [0.5, 0.6) is 0 Å². The Morgan fingerprint density at radius 1 is 1.50 bits per heavy atom. The maximum Gasteiger partial charge on any atom is 0.375 e. The van der Waals surface area contributed by atoms with E-state index >= 15 is 0 Å². The van der Waals surface area contributed by atoms with Crippen LogP contribution in [0.15, 0.2) is 12.2 Å². The molecule has 0 heterocycles. The van der Waals surface area contributed by atoms with Gasteiger partial charge in [-0.3, -0.25) is 9.59 Å². The Bertz CT molecular complexity index is 352. The molecular formula is C12H16O4. The third-order valence-electron chi connectivity index (χ3n) is 2.71. The van der Waals surface area contributed by atoms with Crippen molar-refractivity contribution in [1.82, 2.24) is 0 Å². The molecule has 0 saturated heterocycles. The van der Waals surface area contributed by atoms with Crippen molar-refractivity contribution in [2.45, 2.75) is 27.2 Å². The van der Waals surface area contributed by atoms with Gasteiger partial charge in [0, 0.05) is 6.42 Å². The highest BCUT2D eigenvalue weighted by Gasteiger charge is 2.40. The first-order valence-electron chi connectivity index (χ1n) is 5.30. The molecule has 1 atom stereocenters. The summed E-state index contributed by atoms with van der Waals surface area (Å²) in [4.78, 5) is 34.3. The second kappa shape index (κ2) is 4.60. The molecule has 1 unspecified atom stereocenters. The monoisotopic (exact) mass is 224 g/mol. The Hall–Kier alpha value is -1.45. The Morgan fingerprint density at radius 3 is 2.62 bits per heavy atom. The molecule has 1 rings (SSSR count). The van der Waals surface area contributed by atoms with E-state index in [1.165, 1.54) is 12.2 Å². The van der Waals surface area contributed by atoms with Crippen molar-refractivity contribution in [1.29, 1.82) is 0 Å². The lowest BCUT2D eigenvalue weighted by atomic mass is 9.70. The van der Waals surface area contributed by atoms with Gasteiger partial charge in [0.15, 0.2) is 5.78 Å². The maximum absolute atomic E-state index is 11.8. The van der Waals surface area contributed by atoms with Gasteiger partial charge in [-0.1, -0.05) is 19.9 Å². The van der Waals surface area contributed by atoms with E-state index < -0.39 is 23.1 Å². The average Bonchev–Trinajstić information content (AvgIpc) is 2.15. The molecule has 16 heavy (non-hydrogen) atoms. The predicted octanol–water partition coefficient (Wildman–Crippen LogP) is 1.29. The molecule has 0 radical (unpaired) electrons. The van der Waals surface area contributed by atoms with Gasteiger partial charge in [0.25, 0.3) is 0 Å². The number of carbonyl (C=O) groups is 3. The lowest BCUT2D eigenvalue weighted by Crippen LogP contribution is -2.38. The standard InChI is InChI=1S/C12H16O4/c1-4-16-11(15)10(14)9-6-5-8(13)7-12(9,2)3/h5-6,9H,4,7H2,1-3H3. The number of hydrogen-bond acceptors (Lipinski definition) is 4. The van der Waals surface area contributed by atoms with Crippen molar-refractivity contribution >= 4 is 17.5 Å². The number of ketones is 2. The van der Waals surface area contributed by atoms with Crippen LogP contribution in [0.4, 0.5) is 0 Å². The van der Waals surface area contributed by atoms with E-state index in [0.29, 0.717) is 0 Å². The predicted molar refractivity (Wildman–Crippen MR) is 57.7 cm³/mol. The van der Waals surface area contributed by atoms with E-state index in [4.69, 9.17) is 0 Å². The highest BCUT2D eigenvalue weighted by Crippen LogP contribution is 2.36. The number of ether oxygens (including phenoxy) is 1. The number of hydrogen-bond donors (Lipinski definition) is 0. The van der Waals surface area contributed by atoms with Crippen molar-refractivity contribution in [3.63, 3.8) is 0 Å². The van der Waals surface area contributed by atoms with Gasteiger partial charge in [-0.05, 0) is 18.4 Å². The molecule has 1 aliphatic carbocycles. The molecule has 1 aliphatic rings. The topological polar surface area (TPSA) is 60.4 Å². The van der Waals surface area contributed by atoms with Crippen LogP contribution in [0.2, 0.25) is 0 Å². The zero-order valence-electron chi connectivity index (χ0n) is 9.78. The quantitative estimate of drug-likeness (QED) is 0.535. The Kier molecular flexibility index (Phi) is 3.62. The maximum atomic E-state index is 11.8. The van der Waals surface area contributed by atoms with E-state index in [2.05, 4.69) is 4.74 Å². The summed E-state index contributed by atoms with van der Waals surface area (Å²) in [5.41, 5.74) is -0.518. The Balaban J connectivity index is 2.87. The highest BCUT2D eigenvalue weighted by molar-refractivity contribution is 6.35. The summed E-state index contributed by atoms with van der Waals surface area (Å²) in [7, 11) is 0. The van der Waals surface area contributed by atoms with Crippen molar-refractivity contribution in [2.75, 3.05) is 6.61 Å². The van der Waals surface area contributed by atoms with E-state index in [1.807, 2.05) is 0 Å². The lowest BCUT2D eigenvalue weighted by molar-refractivity contribution is -0.156. The smallest absolute Gasteiger partial charge is 0.375 e. The van der Waals surface area contributed by atoms with Gasteiger partial charge >= 0.3 is 5.97 Å². The molecule has 0 saturated carbocycles. The highest BCUT2D eigenvalue weighted by atomic mass is 16.5. The summed E-state index contributed by atoms with van der Waals surface area (Å²) in [6, 6.07) is 0. The van der Waals surface area contributed by atoms with E-state index in [-0.39, 0.29) is 18.8 Å². The van der Waals surface area contributed by atoms with Gasteiger partial charge in [-0.25, -0.2) is 4.79 Å². The van der Waals surface area contributed by atoms with Crippen LogP contribution in [0.25, 0.3) is 0 Å². The third kappa shape index (κ3) is 2.56. The second-order valence-electron chi connectivity index (χ2n) is 4.55. The minimum Gasteiger partial charge on any atom is -0.460 e. The van der Waals surface area contributed by atoms with Crippen LogP contribution in [0, 0.1) is 11.3 Å². The number of esters is 1. The second-order valence-corrected chi connectivity index (χ2v) is 4.55. The summed E-state index contributed by atoms with van der Waals surface area (Å²) in [6.07, 6.45) is 3.15. The first-order chi connectivity index (χ1) is 7.38. The summed E-state index contributed by atoms with van der Waals surface area (Å²) < 4.78 is 4.67. The zero-order valence-corrected chi connectivity index (χ0v) is 9.78. The van der Waals surface area contributed by atoms with Crippen LogP contribution >= 0.6 is 0 Å². The molecular weight excluding hydrogens is 208 g/mol. The molecule has 0 aliphatic heterocycles. The van der Waals surface area contributed by atoms with Gasteiger partial charge < -0.3 is 4.74 Å². The number of carbonyl (C=O) groups excluding carboxylic acids is 3. The first kappa shape index (κ1) is 12.6.